The van der Waals surface area contributed by atoms with Crippen LogP contribution >= 0.6 is 0 Å². The molecule has 2 nitrogen and oxygen atoms in total. The van der Waals surface area contributed by atoms with E-state index in [-0.39, 0.29) is 26.4 Å². The van der Waals surface area contributed by atoms with E-state index in [0.29, 0.717) is 0 Å². The molecule has 0 saturated carbocycles. The van der Waals surface area contributed by atoms with E-state index in [2.05, 4.69) is 13.8 Å². The summed E-state index contributed by atoms with van der Waals surface area (Å²) in [5.41, 5.74) is 0. The topological polar surface area (TPSA) is 26.3 Å². The van der Waals surface area contributed by atoms with Crippen LogP contribution in [0, 0.1) is 0 Å². The Hall–Kier alpha value is 0.931. The predicted octanol–water partition coefficient (Wildman–Crippen LogP) is 2.87. The van der Waals surface area contributed by atoms with E-state index in [9.17, 15) is 4.79 Å². The number of rotatable bonds is 7. The molecule has 0 aromatic rings. The van der Waals surface area contributed by atoms with Gasteiger partial charge in [0.05, 0.1) is 0 Å². The van der Waals surface area contributed by atoms with Crippen LogP contribution < -0.4 is 0 Å². The molecule has 0 radical (unpaired) electrons. The smallest absolute Gasteiger partial charge is 0 e. The third kappa shape index (κ3) is 11.0. The summed E-state index contributed by atoms with van der Waals surface area (Å²) in [5.74, 6) is -0.0481. The number of hydrogen-bond acceptors (Lipinski definition) is 2. The van der Waals surface area contributed by atoms with Crippen LogP contribution in [0.25, 0.3) is 0 Å². The van der Waals surface area contributed by atoms with Crippen LogP contribution in [-0.2, 0) is 28.3 Å². The first-order valence-electron chi connectivity index (χ1n) is 5.37. The van der Waals surface area contributed by atoms with Gasteiger partial charge >= 0.3 is 89.3 Å². The SMILES string of the molecule is CCC[CH2][SnH]([CH2]CCC)[O]C(C)=O.[Pd]. The van der Waals surface area contributed by atoms with Crippen molar-refractivity contribution in [3.8, 4) is 0 Å². The number of unbranched alkanes of at least 4 members (excludes halogenated alkanes) is 2. The van der Waals surface area contributed by atoms with Gasteiger partial charge in [0.2, 0.25) is 0 Å². The Morgan fingerprint density at radius 1 is 1.14 bits per heavy atom. The molecular formula is C10H22O2PdSn. The molecule has 0 aromatic carbocycles. The zero-order valence-electron chi connectivity index (χ0n) is 9.45. The molecule has 0 heterocycles. The van der Waals surface area contributed by atoms with Crippen LogP contribution in [0.5, 0.6) is 0 Å². The third-order valence-electron chi connectivity index (χ3n) is 2.09. The molecule has 14 heavy (non-hydrogen) atoms. The normalized spacial score (nSPS) is 9.71. The van der Waals surface area contributed by atoms with Crippen LogP contribution in [0.2, 0.25) is 8.87 Å². The van der Waals surface area contributed by atoms with Gasteiger partial charge in [0, 0.05) is 20.4 Å². The van der Waals surface area contributed by atoms with Crippen molar-refractivity contribution in [1.82, 2.24) is 0 Å². The Balaban J connectivity index is 0. The maximum Gasteiger partial charge on any atom is 0 e. The van der Waals surface area contributed by atoms with Crippen molar-refractivity contribution in [2.75, 3.05) is 0 Å². The van der Waals surface area contributed by atoms with Gasteiger partial charge in [0.25, 0.3) is 0 Å². The largest absolute Gasteiger partial charge is 0 e. The summed E-state index contributed by atoms with van der Waals surface area (Å²) in [6, 6.07) is 0. The monoisotopic (exact) mass is 400 g/mol. The van der Waals surface area contributed by atoms with Crippen LogP contribution in [0.4, 0.5) is 0 Å². The van der Waals surface area contributed by atoms with Gasteiger partial charge in [-0.1, -0.05) is 0 Å². The van der Waals surface area contributed by atoms with E-state index in [1.807, 2.05) is 0 Å². The summed E-state index contributed by atoms with van der Waals surface area (Å²) in [5, 5.41) is 0. The van der Waals surface area contributed by atoms with E-state index in [1.165, 1.54) is 34.6 Å². The standard InChI is InChI=1S/2C4H9.C2H4O2.Pd.Sn.H/c2*1-3-4-2;1-2(3)4;;;/h2*1,3-4H2,2H3;1H3,(H,3,4);;;/q;;;;+1;/p-1. The summed E-state index contributed by atoms with van der Waals surface area (Å²) >= 11 is -1.86. The molecule has 0 fully saturated rings. The second-order valence-corrected chi connectivity index (χ2v) is 11.0. The van der Waals surface area contributed by atoms with Gasteiger partial charge in [-0.15, -0.1) is 0 Å². The molecule has 0 saturated heterocycles. The minimum atomic E-state index is -1.86. The van der Waals surface area contributed by atoms with Gasteiger partial charge < -0.3 is 0 Å². The summed E-state index contributed by atoms with van der Waals surface area (Å²) in [4.78, 5) is 10.8. The van der Waals surface area contributed by atoms with Crippen LogP contribution in [0.15, 0.2) is 0 Å². The zero-order valence-corrected chi connectivity index (χ0v) is 14.3. The molecule has 0 atom stereocenters. The fourth-order valence-electron chi connectivity index (χ4n) is 1.36. The first-order valence-corrected chi connectivity index (χ1v) is 11.4. The Kier molecular flexibility index (Phi) is 14.9. The van der Waals surface area contributed by atoms with Crippen molar-refractivity contribution in [3.63, 3.8) is 0 Å². The Morgan fingerprint density at radius 2 is 1.57 bits per heavy atom. The fourth-order valence-corrected chi connectivity index (χ4v) is 9.13. The number of carbonyl (C=O) groups excluding carboxylic acids is 1. The Labute approximate surface area is 109 Å². The summed E-state index contributed by atoms with van der Waals surface area (Å²) < 4.78 is 7.89. The van der Waals surface area contributed by atoms with E-state index in [1.54, 1.807) is 6.92 Å². The van der Waals surface area contributed by atoms with E-state index < -0.39 is 20.2 Å². The average molecular weight is 399 g/mol. The minimum absolute atomic E-state index is 0. The molecule has 0 amide bonds. The number of carbonyl (C=O) groups is 1. The van der Waals surface area contributed by atoms with Gasteiger partial charge in [-0.2, -0.15) is 0 Å². The molecule has 0 unspecified atom stereocenters. The van der Waals surface area contributed by atoms with Gasteiger partial charge in [-0.3, -0.25) is 0 Å². The quantitative estimate of drug-likeness (QED) is 0.616. The van der Waals surface area contributed by atoms with Gasteiger partial charge in [-0.05, 0) is 0 Å². The molecule has 0 bridgehead atoms. The van der Waals surface area contributed by atoms with E-state index >= 15 is 0 Å². The van der Waals surface area contributed by atoms with Crippen LogP contribution in [0.3, 0.4) is 0 Å². The van der Waals surface area contributed by atoms with Crippen molar-refractivity contribution in [2.45, 2.75) is 55.3 Å². The molecule has 0 aliphatic carbocycles. The molecule has 0 aliphatic rings. The zero-order chi connectivity index (χ0) is 10.1. The van der Waals surface area contributed by atoms with Crippen molar-refractivity contribution in [3.05, 3.63) is 0 Å². The molecule has 0 aliphatic heterocycles. The molecule has 0 rings (SSSR count). The van der Waals surface area contributed by atoms with Crippen molar-refractivity contribution < 1.29 is 28.3 Å². The molecule has 0 aromatic heterocycles. The van der Waals surface area contributed by atoms with Crippen molar-refractivity contribution in [2.24, 2.45) is 0 Å². The molecular weight excluding hydrogens is 377 g/mol. The van der Waals surface area contributed by atoms with Gasteiger partial charge in [0.15, 0.2) is 0 Å². The predicted molar refractivity (Wildman–Crippen MR) is 58.3 cm³/mol. The molecule has 88 valence electrons. The molecule has 0 N–H and O–H groups in total. The number of hydrogen-bond donors (Lipinski definition) is 0. The summed E-state index contributed by atoms with van der Waals surface area (Å²) in [7, 11) is 0. The Bertz CT molecular complexity index is 134. The maximum absolute atomic E-state index is 10.8. The Morgan fingerprint density at radius 3 is 1.86 bits per heavy atom. The first kappa shape index (κ1) is 17.3. The second-order valence-electron chi connectivity index (χ2n) is 3.52. The molecule has 0 spiro atoms. The van der Waals surface area contributed by atoms with E-state index in [4.69, 9.17) is 3.07 Å². The fraction of sp³-hybridized carbons (Fsp3) is 0.900. The first-order chi connectivity index (χ1) is 6.20. The van der Waals surface area contributed by atoms with Crippen molar-refractivity contribution in [1.29, 1.82) is 0 Å². The average Bonchev–Trinajstić information content (AvgIpc) is 2.09. The third-order valence-corrected chi connectivity index (χ3v) is 10.00. The van der Waals surface area contributed by atoms with Crippen LogP contribution in [0.1, 0.15) is 46.5 Å². The van der Waals surface area contributed by atoms with Crippen LogP contribution in [-0.4, -0.2) is 26.1 Å². The second kappa shape index (κ2) is 12.0. The van der Waals surface area contributed by atoms with Gasteiger partial charge in [-0.25, -0.2) is 0 Å². The minimum Gasteiger partial charge on any atom is 0 e. The van der Waals surface area contributed by atoms with E-state index in [0.717, 1.165) is 0 Å². The molecule has 4 heteroatoms. The maximum atomic E-state index is 10.8. The summed E-state index contributed by atoms with van der Waals surface area (Å²) in [6.07, 6.45) is 4.94. The van der Waals surface area contributed by atoms with Crippen molar-refractivity contribution >= 4 is 26.1 Å². The van der Waals surface area contributed by atoms with Gasteiger partial charge in [0.1, 0.15) is 0 Å². The summed E-state index contributed by atoms with van der Waals surface area (Å²) in [6.45, 7) is 5.93.